The first-order chi connectivity index (χ1) is 13.6. The molecule has 0 radical (unpaired) electrons. The summed E-state index contributed by atoms with van der Waals surface area (Å²) in [5.41, 5.74) is 6.02. The van der Waals surface area contributed by atoms with E-state index in [-0.39, 0.29) is 11.5 Å². The molecule has 0 spiro atoms. The number of aromatic nitrogens is 3. The predicted octanol–water partition coefficient (Wildman–Crippen LogP) is 2.72. The van der Waals surface area contributed by atoms with Crippen LogP contribution in [0.5, 0.6) is 0 Å². The van der Waals surface area contributed by atoms with Crippen LogP contribution in [0.4, 0.5) is 24.7 Å². The second-order valence-corrected chi connectivity index (χ2v) is 6.38. The van der Waals surface area contributed by atoms with E-state index in [2.05, 4.69) is 20.5 Å². The number of carbonyl (C=O) groups excluding carboxylic acids is 2. The number of pyridine rings is 1. The summed E-state index contributed by atoms with van der Waals surface area (Å²) in [7, 11) is 1.39. The summed E-state index contributed by atoms with van der Waals surface area (Å²) in [6.45, 7) is 1.60. The van der Waals surface area contributed by atoms with E-state index in [0.717, 1.165) is 17.0 Å². The van der Waals surface area contributed by atoms with Crippen LogP contribution >= 0.6 is 0 Å². The third-order valence-electron chi connectivity index (χ3n) is 4.58. The third-order valence-corrected chi connectivity index (χ3v) is 4.58. The molecule has 0 aliphatic heterocycles. The molecule has 2 heterocycles. The number of aromatic amines is 1. The lowest BCUT2D eigenvalue weighted by molar-refractivity contribution is -0.143. The number of amides is 2. The summed E-state index contributed by atoms with van der Waals surface area (Å²) in [5.74, 6) is -1.60. The van der Waals surface area contributed by atoms with Crippen molar-refractivity contribution >= 4 is 34.2 Å². The van der Waals surface area contributed by atoms with Gasteiger partial charge in [-0.25, -0.2) is 4.98 Å². The lowest BCUT2D eigenvalue weighted by Crippen LogP contribution is -2.38. The van der Waals surface area contributed by atoms with Crippen LogP contribution in [0.15, 0.2) is 36.7 Å². The van der Waals surface area contributed by atoms with Gasteiger partial charge in [0, 0.05) is 7.05 Å². The Labute approximate surface area is 162 Å². The van der Waals surface area contributed by atoms with Crippen molar-refractivity contribution in [1.82, 2.24) is 20.1 Å². The zero-order valence-corrected chi connectivity index (χ0v) is 15.4. The van der Waals surface area contributed by atoms with Gasteiger partial charge in [0.05, 0.1) is 40.6 Å². The molecule has 0 saturated carbocycles. The van der Waals surface area contributed by atoms with Crippen LogP contribution in [0.2, 0.25) is 0 Å². The molecule has 8 nitrogen and oxygen atoms in total. The number of alkyl halides is 3. The van der Waals surface area contributed by atoms with E-state index in [0.29, 0.717) is 16.5 Å². The fraction of sp³-hybridized carbons (Fsp3) is 0.222. The second-order valence-electron chi connectivity index (χ2n) is 6.38. The van der Waals surface area contributed by atoms with Gasteiger partial charge in [-0.3, -0.25) is 14.7 Å². The molecule has 11 heteroatoms. The highest BCUT2D eigenvalue weighted by Gasteiger charge is 2.31. The molecule has 1 unspecified atom stereocenters. The van der Waals surface area contributed by atoms with Gasteiger partial charge >= 0.3 is 18.0 Å². The number of likely N-dealkylation sites (N-methyl/N-ethyl adjacent to an activating group) is 1. The maximum absolute atomic E-state index is 12.7. The summed E-state index contributed by atoms with van der Waals surface area (Å²) in [5, 5.41) is 9.43. The lowest BCUT2D eigenvalue weighted by atomic mass is 10.0. The van der Waals surface area contributed by atoms with Crippen LogP contribution in [-0.4, -0.2) is 38.9 Å². The number of hydrogen-bond acceptors (Lipinski definition) is 5. The monoisotopic (exact) mass is 406 g/mol. The zero-order chi connectivity index (χ0) is 21.3. The lowest BCUT2D eigenvalue weighted by Gasteiger charge is -2.25. The normalized spacial score (nSPS) is 12.6. The molecule has 0 aliphatic rings. The maximum Gasteiger partial charge on any atom is 0.416 e. The Morgan fingerprint density at radius 1 is 1.21 bits per heavy atom. The number of benzene rings is 1. The van der Waals surface area contributed by atoms with E-state index < -0.39 is 29.6 Å². The number of nitrogens with two attached hydrogens (primary N) is 1. The van der Waals surface area contributed by atoms with Crippen LogP contribution in [0.3, 0.4) is 0 Å². The molecule has 0 aliphatic carbocycles. The number of nitrogens with one attached hydrogen (secondary N) is 2. The maximum atomic E-state index is 12.7. The van der Waals surface area contributed by atoms with Crippen LogP contribution in [-0.2, 0) is 15.8 Å². The number of carbonyl (C=O) groups is 2. The number of hydrogen-bond donors (Lipinski definition) is 3. The van der Waals surface area contributed by atoms with Gasteiger partial charge < -0.3 is 16.0 Å². The van der Waals surface area contributed by atoms with Crippen molar-refractivity contribution in [3.05, 3.63) is 47.8 Å². The van der Waals surface area contributed by atoms with E-state index in [1.165, 1.54) is 31.6 Å². The van der Waals surface area contributed by atoms with Gasteiger partial charge in [0.2, 0.25) is 0 Å². The number of fused-ring (bicyclic) bond motifs is 1. The Kier molecular flexibility index (Phi) is 5.14. The van der Waals surface area contributed by atoms with Crippen molar-refractivity contribution in [2.45, 2.75) is 19.1 Å². The van der Waals surface area contributed by atoms with E-state index in [4.69, 9.17) is 5.73 Å². The largest absolute Gasteiger partial charge is 0.416 e. The van der Waals surface area contributed by atoms with Crippen LogP contribution < -0.4 is 11.1 Å². The molecule has 152 valence electrons. The summed E-state index contributed by atoms with van der Waals surface area (Å²) in [6, 6.07) is 3.77. The summed E-state index contributed by atoms with van der Waals surface area (Å²) < 4.78 is 38.1. The van der Waals surface area contributed by atoms with Gasteiger partial charge in [-0.05, 0) is 24.6 Å². The quantitative estimate of drug-likeness (QED) is 0.578. The van der Waals surface area contributed by atoms with Crippen LogP contribution in [0.25, 0.3) is 10.9 Å². The van der Waals surface area contributed by atoms with Crippen molar-refractivity contribution in [2.24, 2.45) is 0 Å². The highest BCUT2D eigenvalue weighted by molar-refractivity contribution is 6.40. The van der Waals surface area contributed by atoms with Gasteiger partial charge in [0.15, 0.2) is 0 Å². The van der Waals surface area contributed by atoms with Crippen molar-refractivity contribution in [3.8, 4) is 0 Å². The molecule has 4 N–H and O–H groups in total. The van der Waals surface area contributed by atoms with E-state index in [1.54, 1.807) is 6.92 Å². The predicted molar refractivity (Wildman–Crippen MR) is 99.6 cm³/mol. The average molecular weight is 406 g/mol. The van der Waals surface area contributed by atoms with Crippen molar-refractivity contribution < 1.29 is 22.8 Å². The first kappa shape index (κ1) is 20.1. The minimum Gasteiger partial charge on any atom is -0.383 e. The standard InChI is InChI=1S/C18H17F3N6O2/c1-9(10-3-5-11(6-4-10)18(19,20)21)27(2)17(29)16(28)25-13-8-23-15(22)12-7-24-26-14(12)13/h3-9H,1-2H3,(H2,22,23)(H,24,26)(H,25,28). The molecule has 3 rings (SSSR count). The van der Waals surface area contributed by atoms with Gasteiger partial charge in [-0.2, -0.15) is 18.3 Å². The Morgan fingerprint density at radius 2 is 1.86 bits per heavy atom. The summed E-state index contributed by atoms with van der Waals surface area (Å²) >= 11 is 0. The fourth-order valence-corrected chi connectivity index (χ4v) is 2.73. The minimum atomic E-state index is -4.45. The number of rotatable bonds is 3. The van der Waals surface area contributed by atoms with Gasteiger partial charge in [-0.1, -0.05) is 12.1 Å². The number of halogens is 3. The van der Waals surface area contributed by atoms with E-state index >= 15 is 0 Å². The topological polar surface area (TPSA) is 117 Å². The molecule has 0 bridgehead atoms. The molecule has 1 atom stereocenters. The molecule has 3 aromatic rings. The third kappa shape index (κ3) is 3.98. The Morgan fingerprint density at radius 3 is 2.48 bits per heavy atom. The smallest absolute Gasteiger partial charge is 0.383 e. The number of anilines is 2. The van der Waals surface area contributed by atoms with Crippen molar-refractivity contribution in [3.63, 3.8) is 0 Å². The Balaban J connectivity index is 1.74. The van der Waals surface area contributed by atoms with E-state index in [1.807, 2.05) is 0 Å². The molecule has 0 saturated heterocycles. The number of H-pyrrole nitrogens is 1. The van der Waals surface area contributed by atoms with Gasteiger partial charge in [0.1, 0.15) is 5.82 Å². The van der Waals surface area contributed by atoms with Crippen LogP contribution in [0.1, 0.15) is 24.1 Å². The van der Waals surface area contributed by atoms with Crippen LogP contribution in [0, 0.1) is 0 Å². The van der Waals surface area contributed by atoms with Gasteiger partial charge in [0.25, 0.3) is 0 Å². The number of nitrogen functional groups attached to an aromatic ring is 1. The SMILES string of the molecule is CC(c1ccc(C(F)(F)F)cc1)N(C)C(=O)C(=O)Nc1cnc(N)c2cn[nH]c12. The highest BCUT2D eigenvalue weighted by atomic mass is 19.4. The average Bonchev–Trinajstić information content (AvgIpc) is 3.19. The Hall–Kier alpha value is -3.63. The van der Waals surface area contributed by atoms with Gasteiger partial charge in [-0.15, -0.1) is 0 Å². The van der Waals surface area contributed by atoms with Crippen molar-refractivity contribution in [2.75, 3.05) is 18.1 Å². The molecule has 0 fully saturated rings. The zero-order valence-electron chi connectivity index (χ0n) is 15.4. The second kappa shape index (κ2) is 7.41. The first-order valence-electron chi connectivity index (χ1n) is 8.42. The molecular formula is C18H17F3N6O2. The first-order valence-corrected chi connectivity index (χ1v) is 8.42. The number of nitrogens with zero attached hydrogens (tertiary/aromatic N) is 3. The fourth-order valence-electron chi connectivity index (χ4n) is 2.73. The molecular weight excluding hydrogens is 389 g/mol. The molecule has 1 aromatic carbocycles. The Bertz CT molecular complexity index is 1060. The highest BCUT2D eigenvalue weighted by Crippen LogP contribution is 2.30. The van der Waals surface area contributed by atoms with Crippen molar-refractivity contribution in [1.29, 1.82) is 0 Å². The minimum absolute atomic E-state index is 0.214. The molecule has 29 heavy (non-hydrogen) atoms. The summed E-state index contributed by atoms with van der Waals surface area (Å²) in [6.07, 6.45) is -1.72. The molecule has 2 aromatic heterocycles. The van der Waals surface area contributed by atoms with E-state index in [9.17, 15) is 22.8 Å². The molecule has 2 amide bonds. The summed E-state index contributed by atoms with van der Waals surface area (Å²) in [4.78, 5) is 29.9.